The zero-order chi connectivity index (χ0) is 16.6. The third kappa shape index (κ3) is 3.67. The molecule has 1 aromatic rings. The van der Waals surface area contributed by atoms with E-state index < -0.39 is 5.60 Å². The summed E-state index contributed by atoms with van der Waals surface area (Å²) in [5.74, 6) is 0.377. The number of alkyl carbamates (subject to hydrolysis) is 1. The van der Waals surface area contributed by atoms with E-state index in [0.29, 0.717) is 5.92 Å². The highest BCUT2D eigenvalue weighted by atomic mass is 32.1. The number of aryl methyl sites for hydroxylation is 1. The maximum atomic E-state index is 12.1. The second-order valence-electron chi connectivity index (χ2n) is 7.23. The third-order valence-electron chi connectivity index (χ3n) is 4.41. The van der Waals surface area contributed by atoms with Crippen LogP contribution in [0, 0.1) is 12.8 Å². The van der Waals surface area contributed by atoms with Gasteiger partial charge in [0.1, 0.15) is 5.60 Å². The van der Waals surface area contributed by atoms with Crippen LogP contribution in [-0.4, -0.2) is 41.5 Å². The molecule has 0 bridgehead atoms. The van der Waals surface area contributed by atoms with Crippen LogP contribution in [0.4, 0.5) is 4.79 Å². The van der Waals surface area contributed by atoms with Crippen molar-refractivity contribution < 1.29 is 14.3 Å². The average molecular weight is 339 g/mol. The van der Waals surface area contributed by atoms with Crippen molar-refractivity contribution in [3.05, 3.63) is 16.1 Å². The number of fused-ring (bicyclic) bond motifs is 1. The molecule has 2 fully saturated rings. The van der Waals surface area contributed by atoms with Crippen molar-refractivity contribution in [3.8, 4) is 0 Å². The minimum absolute atomic E-state index is 0.0607. The fourth-order valence-electron chi connectivity index (χ4n) is 3.30. The molecule has 1 saturated heterocycles. The molecule has 128 valence electrons. The summed E-state index contributed by atoms with van der Waals surface area (Å²) in [7, 11) is 0. The van der Waals surface area contributed by atoms with E-state index in [2.05, 4.69) is 15.6 Å². The second-order valence-corrected chi connectivity index (χ2v) is 8.17. The number of ether oxygens (including phenoxy) is 2. The van der Waals surface area contributed by atoms with E-state index in [-0.39, 0.29) is 24.3 Å². The number of rotatable bonds is 4. The van der Waals surface area contributed by atoms with Crippen LogP contribution in [0.25, 0.3) is 0 Å². The zero-order valence-electron chi connectivity index (χ0n) is 14.1. The van der Waals surface area contributed by atoms with Gasteiger partial charge in [-0.05, 0) is 34.1 Å². The number of carbonyl (C=O) groups is 1. The van der Waals surface area contributed by atoms with Gasteiger partial charge in [0.05, 0.1) is 29.4 Å². The highest BCUT2D eigenvalue weighted by Gasteiger charge is 2.54. The summed E-state index contributed by atoms with van der Waals surface area (Å²) in [6.07, 6.45) is 0.819. The largest absolute Gasteiger partial charge is 0.444 e. The lowest BCUT2D eigenvalue weighted by Crippen LogP contribution is -2.70. The zero-order valence-corrected chi connectivity index (χ0v) is 14.9. The van der Waals surface area contributed by atoms with Gasteiger partial charge in [0.2, 0.25) is 0 Å². The first-order valence-corrected chi connectivity index (χ1v) is 8.96. The van der Waals surface area contributed by atoms with E-state index in [0.717, 1.165) is 25.3 Å². The predicted octanol–water partition coefficient (Wildman–Crippen LogP) is 2.22. The summed E-state index contributed by atoms with van der Waals surface area (Å²) in [5.41, 5.74) is 2.43. The lowest BCUT2D eigenvalue weighted by Gasteiger charge is -2.48. The molecule has 0 aromatic carbocycles. The second kappa shape index (κ2) is 6.37. The topological polar surface area (TPSA) is 72.5 Å². The van der Waals surface area contributed by atoms with Crippen molar-refractivity contribution in [2.24, 2.45) is 5.92 Å². The van der Waals surface area contributed by atoms with Gasteiger partial charge in [-0.3, -0.25) is 0 Å². The maximum Gasteiger partial charge on any atom is 0.407 e. The first-order valence-electron chi connectivity index (χ1n) is 8.08. The highest BCUT2D eigenvalue weighted by molar-refractivity contribution is 7.09. The Kier molecular flexibility index (Phi) is 4.62. The van der Waals surface area contributed by atoms with Crippen LogP contribution in [0.5, 0.6) is 0 Å². The maximum absolute atomic E-state index is 12.1. The molecular formula is C16H25N3O3S. The number of hydrogen-bond acceptors (Lipinski definition) is 6. The number of carbonyl (C=O) groups excluding carboxylic acids is 1. The Morgan fingerprint density at radius 3 is 2.91 bits per heavy atom. The number of nitrogens with zero attached hydrogens (tertiary/aromatic N) is 1. The summed E-state index contributed by atoms with van der Waals surface area (Å²) in [6.45, 7) is 9.14. The Labute approximate surface area is 141 Å². The molecule has 1 amide bonds. The predicted molar refractivity (Wildman–Crippen MR) is 88.5 cm³/mol. The van der Waals surface area contributed by atoms with Gasteiger partial charge in [0.25, 0.3) is 0 Å². The van der Waals surface area contributed by atoms with E-state index in [1.807, 2.05) is 33.2 Å². The highest BCUT2D eigenvalue weighted by Crippen LogP contribution is 2.39. The molecule has 2 heterocycles. The van der Waals surface area contributed by atoms with Crippen LogP contribution < -0.4 is 10.6 Å². The van der Waals surface area contributed by atoms with Crippen LogP contribution in [0.2, 0.25) is 0 Å². The summed E-state index contributed by atoms with van der Waals surface area (Å²) in [4.78, 5) is 17.6. The first-order chi connectivity index (χ1) is 10.8. The summed E-state index contributed by atoms with van der Waals surface area (Å²) >= 11 is 1.65. The number of aromatic nitrogens is 1. The molecule has 2 aliphatic rings. The molecule has 3 rings (SSSR count). The Hall–Kier alpha value is -1.18. The Bertz CT molecular complexity index is 569. The van der Waals surface area contributed by atoms with Crippen LogP contribution in [0.15, 0.2) is 5.51 Å². The van der Waals surface area contributed by atoms with Crippen molar-refractivity contribution in [2.45, 2.75) is 64.4 Å². The quantitative estimate of drug-likeness (QED) is 0.880. The van der Waals surface area contributed by atoms with Crippen LogP contribution in [0.1, 0.15) is 37.8 Å². The Morgan fingerprint density at radius 2 is 2.26 bits per heavy atom. The third-order valence-corrected chi connectivity index (χ3v) is 5.35. The molecule has 2 N–H and O–H groups in total. The van der Waals surface area contributed by atoms with Gasteiger partial charge >= 0.3 is 6.09 Å². The van der Waals surface area contributed by atoms with Gasteiger partial charge in [-0.15, -0.1) is 11.3 Å². The monoisotopic (exact) mass is 339 g/mol. The molecule has 0 radical (unpaired) electrons. The number of amides is 1. The van der Waals surface area contributed by atoms with E-state index in [4.69, 9.17) is 9.47 Å². The van der Waals surface area contributed by atoms with E-state index in [1.54, 1.807) is 11.3 Å². The molecule has 4 unspecified atom stereocenters. The smallest absolute Gasteiger partial charge is 0.407 e. The Balaban J connectivity index is 1.59. The first kappa shape index (κ1) is 16.7. The molecule has 1 saturated carbocycles. The van der Waals surface area contributed by atoms with Gasteiger partial charge in [0, 0.05) is 23.9 Å². The molecule has 6 nitrogen and oxygen atoms in total. The fraction of sp³-hybridized carbons (Fsp3) is 0.750. The summed E-state index contributed by atoms with van der Waals surface area (Å²) in [6, 6.07) is 0.182. The van der Waals surface area contributed by atoms with Crippen LogP contribution in [0.3, 0.4) is 0 Å². The van der Waals surface area contributed by atoms with Gasteiger partial charge in [-0.25, -0.2) is 9.78 Å². The van der Waals surface area contributed by atoms with Gasteiger partial charge in [-0.2, -0.15) is 0 Å². The molecule has 4 atom stereocenters. The lowest BCUT2D eigenvalue weighted by molar-refractivity contribution is -0.0343. The van der Waals surface area contributed by atoms with Crippen molar-refractivity contribution >= 4 is 17.4 Å². The SMILES string of the molecule is Cc1ncsc1CNC1C(NC(=O)OC(C)(C)C)C2CCOC21. The summed E-state index contributed by atoms with van der Waals surface area (Å²) < 4.78 is 11.2. The van der Waals surface area contributed by atoms with Gasteiger partial charge < -0.3 is 20.1 Å². The molecule has 1 aliphatic carbocycles. The normalized spacial score (nSPS) is 29.7. The number of hydrogen-bond donors (Lipinski definition) is 2. The summed E-state index contributed by atoms with van der Waals surface area (Å²) in [5, 5.41) is 6.55. The van der Waals surface area contributed by atoms with Crippen molar-refractivity contribution in [1.29, 1.82) is 0 Å². The van der Waals surface area contributed by atoms with Crippen LogP contribution in [-0.2, 0) is 16.0 Å². The van der Waals surface area contributed by atoms with Crippen molar-refractivity contribution in [3.63, 3.8) is 0 Å². The van der Waals surface area contributed by atoms with E-state index in [1.165, 1.54) is 4.88 Å². The number of thiazole rings is 1. The molecular weight excluding hydrogens is 314 g/mol. The molecule has 7 heteroatoms. The van der Waals surface area contributed by atoms with Crippen LogP contribution >= 0.6 is 11.3 Å². The lowest BCUT2D eigenvalue weighted by atomic mass is 9.71. The van der Waals surface area contributed by atoms with Crippen molar-refractivity contribution in [2.75, 3.05) is 6.61 Å². The Morgan fingerprint density at radius 1 is 1.48 bits per heavy atom. The minimum Gasteiger partial charge on any atom is -0.444 e. The standard InChI is InChI=1S/C16H25N3O3S/c1-9-11(23-8-18-9)7-17-13-12(10-5-6-21-14(10)13)19-15(20)22-16(2,3)4/h8,10,12-14,17H,5-7H2,1-4H3,(H,19,20). The van der Waals surface area contributed by atoms with Crippen molar-refractivity contribution in [1.82, 2.24) is 15.6 Å². The fourth-order valence-corrected chi connectivity index (χ4v) is 4.03. The molecule has 1 aromatic heterocycles. The molecule has 0 spiro atoms. The number of nitrogens with one attached hydrogen (secondary N) is 2. The van der Waals surface area contributed by atoms with E-state index in [9.17, 15) is 4.79 Å². The molecule has 1 aliphatic heterocycles. The molecule has 23 heavy (non-hydrogen) atoms. The minimum atomic E-state index is -0.484. The van der Waals surface area contributed by atoms with Gasteiger partial charge in [0.15, 0.2) is 0 Å². The van der Waals surface area contributed by atoms with Gasteiger partial charge in [-0.1, -0.05) is 0 Å². The average Bonchev–Trinajstić information content (AvgIpc) is 3.02. The van der Waals surface area contributed by atoms with E-state index >= 15 is 0 Å².